The molecule has 3 rings (SSSR count). The van der Waals surface area contributed by atoms with Crippen molar-refractivity contribution in [3.63, 3.8) is 0 Å². The molecule has 1 saturated heterocycles. The molecule has 0 saturated carbocycles. The predicted octanol–water partition coefficient (Wildman–Crippen LogP) is 2.48. The monoisotopic (exact) mass is 341 g/mol. The van der Waals surface area contributed by atoms with Gasteiger partial charge in [0.2, 0.25) is 0 Å². The smallest absolute Gasteiger partial charge is 0.258 e. The third kappa shape index (κ3) is 3.85. The molecule has 1 heterocycles. The maximum Gasteiger partial charge on any atom is 0.258 e. The van der Waals surface area contributed by atoms with Crippen molar-refractivity contribution in [2.45, 2.75) is 19.4 Å². The van der Waals surface area contributed by atoms with Crippen LogP contribution in [0.2, 0.25) is 0 Å². The highest BCUT2D eigenvalue weighted by Gasteiger charge is 2.21. The number of aryl methyl sites for hydroxylation is 1. The van der Waals surface area contributed by atoms with Crippen molar-refractivity contribution in [3.8, 4) is 0 Å². The summed E-state index contributed by atoms with van der Waals surface area (Å²) >= 11 is 0. The van der Waals surface area contributed by atoms with Crippen molar-refractivity contribution in [1.82, 2.24) is 10.6 Å². The van der Waals surface area contributed by atoms with Gasteiger partial charge in [-0.2, -0.15) is 0 Å². The summed E-state index contributed by atoms with van der Waals surface area (Å²) in [6, 6.07) is 11.0. The summed E-state index contributed by atoms with van der Waals surface area (Å²) < 4.78 is 13.8. The van der Waals surface area contributed by atoms with Crippen LogP contribution in [0.15, 0.2) is 42.5 Å². The van der Waals surface area contributed by atoms with Crippen LogP contribution >= 0.6 is 0 Å². The molecule has 0 spiro atoms. The molecule has 2 aromatic carbocycles. The van der Waals surface area contributed by atoms with Crippen LogP contribution in [-0.4, -0.2) is 30.9 Å². The fraction of sp³-hybridized carbons (Fsp3) is 0.263. The Morgan fingerprint density at radius 1 is 1.08 bits per heavy atom. The molecule has 2 amide bonds. The van der Waals surface area contributed by atoms with Crippen molar-refractivity contribution < 1.29 is 14.0 Å². The average molecular weight is 341 g/mol. The Morgan fingerprint density at radius 3 is 2.56 bits per heavy atom. The lowest BCUT2D eigenvalue weighted by atomic mass is 10.1. The number of anilines is 1. The first-order valence-corrected chi connectivity index (χ1v) is 8.23. The molecule has 130 valence electrons. The first-order valence-electron chi connectivity index (χ1n) is 8.23. The van der Waals surface area contributed by atoms with Crippen LogP contribution in [0.1, 0.15) is 32.7 Å². The maximum absolute atomic E-state index is 13.8. The van der Waals surface area contributed by atoms with Gasteiger partial charge < -0.3 is 16.0 Å². The van der Waals surface area contributed by atoms with Gasteiger partial charge in [0.15, 0.2) is 0 Å². The SMILES string of the molecule is Cc1cccc(C(=O)NC2CCNC2)c1NC(=O)c1ccccc1F. The summed E-state index contributed by atoms with van der Waals surface area (Å²) in [4.78, 5) is 25.0. The molecule has 0 aliphatic carbocycles. The van der Waals surface area contributed by atoms with E-state index in [0.717, 1.165) is 25.1 Å². The lowest BCUT2D eigenvalue weighted by molar-refractivity contribution is 0.0941. The molecule has 5 nitrogen and oxygen atoms in total. The molecule has 1 aliphatic rings. The fourth-order valence-electron chi connectivity index (χ4n) is 2.89. The van der Waals surface area contributed by atoms with Gasteiger partial charge in [-0.25, -0.2) is 4.39 Å². The Labute approximate surface area is 145 Å². The number of hydrogen-bond donors (Lipinski definition) is 3. The van der Waals surface area contributed by atoms with E-state index in [1.165, 1.54) is 18.2 Å². The van der Waals surface area contributed by atoms with Gasteiger partial charge in [-0.3, -0.25) is 9.59 Å². The van der Waals surface area contributed by atoms with Crippen LogP contribution in [0.3, 0.4) is 0 Å². The minimum Gasteiger partial charge on any atom is -0.348 e. The lowest BCUT2D eigenvalue weighted by Gasteiger charge is -2.16. The van der Waals surface area contributed by atoms with Gasteiger partial charge in [0.25, 0.3) is 11.8 Å². The van der Waals surface area contributed by atoms with Crippen LogP contribution < -0.4 is 16.0 Å². The molecule has 1 atom stereocenters. The van der Waals surface area contributed by atoms with Crippen LogP contribution in [-0.2, 0) is 0 Å². The Kier molecular flexibility index (Phi) is 5.09. The molecule has 1 aliphatic heterocycles. The van der Waals surface area contributed by atoms with Crippen LogP contribution in [0.25, 0.3) is 0 Å². The number of halogens is 1. The quantitative estimate of drug-likeness (QED) is 0.800. The Morgan fingerprint density at radius 2 is 1.84 bits per heavy atom. The Bertz CT molecular complexity index is 801. The van der Waals surface area contributed by atoms with Crippen molar-refractivity contribution in [2.75, 3.05) is 18.4 Å². The van der Waals surface area contributed by atoms with E-state index in [2.05, 4.69) is 16.0 Å². The van der Waals surface area contributed by atoms with E-state index in [1.807, 2.05) is 0 Å². The van der Waals surface area contributed by atoms with Gasteiger partial charge in [0.1, 0.15) is 5.82 Å². The molecule has 1 unspecified atom stereocenters. The van der Waals surface area contributed by atoms with Crippen LogP contribution in [0, 0.1) is 12.7 Å². The second-order valence-corrected chi connectivity index (χ2v) is 6.09. The number of amides is 2. The standard InChI is InChI=1S/C19H20FN3O2/c1-12-5-4-7-15(19(25)22-13-9-10-21-11-13)17(12)23-18(24)14-6-2-3-8-16(14)20/h2-8,13,21H,9-11H2,1H3,(H,22,25)(H,23,24). The molecular weight excluding hydrogens is 321 g/mol. The average Bonchev–Trinajstić information content (AvgIpc) is 3.10. The van der Waals surface area contributed by atoms with Crippen molar-refractivity contribution >= 4 is 17.5 Å². The lowest BCUT2D eigenvalue weighted by Crippen LogP contribution is -2.36. The number of hydrogen-bond acceptors (Lipinski definition) is 3. The highest BCUT2D eigenvalue weighted by Crippen LogP contribution is 2.22. The summed E-state index contributed by atoms with van der Waals surface area (Å²) in [6.45, 7) is 3.40. The van der Waals surface area contributed by atoms with Gasteiger partial charge in [0, 0.05) is 12.6 Å². The van der Waals surface area contributed by atoms with Gasteiger partial charge in [0.05, 0.1) is 16.8 Å². The zero-order chi connectivity index (χ0) is 17.8. The van der Waals surface area contributed by atoms with Crippen molar-refractivity contribution in [3.05, 3.63) is 65.0 Å². The minimum absolute atomic E-state index is 0.0582. The summed E-state index contributed by atoms with van der Waals surface area (Å²) in [5.41, 5.74) is 1.45. The molecule has 0 radical (unpaired) electrons. The molecule has 1 fully saturated rings. The first kappa shape index (κ1) is 17.1. The van der Waals surface area contributed by atoms with Gasteiger partial charge in [-0.05, 0) is 43.7 Å². The summed E-state index contributed by atoms with van der Waals surface area (Å²) in [5.74, 6) is -1.43. The molecule has 0 bridgehead atoms. The van der Waals surface area contributed by atoms with Crippen LogP contribution in [0.4, 0.5) is 10.1 Å². The number of carbonyl (C=O) groups is 2. The number of para-hydroxylation sites is 1. The number of carbonyl (C=O) groups excluding carboxylic acids is 2. The van der Waals surface area contributed by atoms with Gasteiger partial charge in [-0.1, -0.05) is 24.3 Å². The third-order valence-electron chi connectivity index (χ3n) is 4.27. The summed E-state index contributed by atoms with van der Waals surface area (Å²) in [5, 5.41) is 8.84. The molecular formula is C19H20FN3O2. The van der Waals surface area contributed by atoms with E-state index >= 15 is 0 Å². The maximum atomic E-state index is 13.8. The van der Waals surface area contributed by atoms with Crippen molar-refractivity contribution in [1.29, 1.82) is 0 Å². The van der Waals surface area contributed by atoms with E-state index < -0.39 is 11.7 Å². The molecule has 25 heavy (non-hydrogen) atoms. The van der Waals surface area contributed by atoms with Crippen LogP contribution in [0.5, 0.6) is 0 Å². The molecule has 2 aromatic rings. The van der Waals surface area contributed by atoms with E-state index in [1.54, 1.807) is 31.2 Å². The molecule has 6 heteroatoms. The van der Waals surface area contributed by atoms with E-state index in [9.17, 15) is 14.0 Å². The Hall–Kier alpha value is -2.73. The van der Waals surface area contributed by atoms with Gasteiger partial charge in [-0.15, -0.1) is 0 Å². The van der Waals surface area contributed by atoms with Gasteiger partial charge >= 0.3 is 0 Å². The number of benzene rings is 2. The third-order valence-corrected chi connectivity index (χ3v) is 4.27. The minimum atomic E-state index is -0.600. The number of rotatable bonds is 4. The molecule has 0 aromatic heterocycles. The second-order valence-electron chi connectivity index (χ2n) is 6.09. The predicted molar refractivity (Wildman–Crippen MR) is 94.3 cm³/mol. The first-order chi connectivity index (χ1) is 12.1. The normalized spacial score (nSPS) is 16.5. The second kappa shape index (κ2) is 7.44. The Balaban J connectivity index is 1.84. The highest BCUT2D eigenvalue weighted by molar-refractivity contribution is 6.09. The fourth-order valence-corrected chi connectivity index (χ4v) is 2.89. The zero-order valence-electron chi connectivity index (χ0n) is 13.9. The summed E-state index contributed by atoms with van der Waals surface area (Å²) in [6.07, 6.45) is 0.870. The topological polar surface area (TPSA) is 70.2 Å². The number of nitrogens with one attached hydrogen (secondary N) is 3. The summed E-state index contributed by atoms with van der Waals surface area (Å²) in [7, 11) is 0. The van der Waals surface area contributed by atoms with Crippen molar-refractivity contribution in [2.24, 2.45) is 0 Å². The zero-order valence-corrected chi connectivity index (χ0v) is 13.9. The highest BCUT2D eigenvalue weighted by atomic mass is 19.1. The van der Waals surface area contributed by atoms with E-state index in [4.69, 9.17) is 0 Å². The van der Waals surface area contributed by atoms with E-state index in [-0.39, 0.29) is 17.5 Å². The molecule has 3 N–H and O–H groups in total. The largest absolute Gasteiger partial charge is 0.348 e. The van der Waals surface area contributed by atoms with E-state index in [0.29, 0.717) is 11.3 Å².